The van der Waals surface area contributed by atoms with E-state index in [1.807, 2.05) is 0 Å². The molecule has 1 nitrogen and oxygen atoms in total. The monoisotopic (exact) mass is 223 g/mol. The fourth-order valence-electron chi connectivity index (χ4n) is 1.97. The van der Waals surface area contributed by atoms with E-state index in [1.54, 1.807) is 0 Å². The molecule has 0 N–H and O–H groups in total. The van der Waals surface area contributed by atoms with Crippen LogP contribution in [-0.2, 0) is 6.42 Å². The zero-order chi connectivity index (χ0) is 9.97. The first-order valence-electron chi connectivity index (χ1n) is 5.20. The first-order valence-corrected chi connectivity index (χ1v) is 5.20. The van der Waals surface area contributed by atoms with Gasteiger partial charge in [-0.1, -0.05) is 36.4 Å². The smallest absolute Gasteiger partial charge is 0.0278 e. The maximum atomic E-state index is 2.31. The van der Waals surface area contributed by atoms with Gasteiger partial charge in [-0.2, -0.15) is 0 Å². The number of fused-ring (bicyclic) bond motifs is 1. The van der Waals surface area contributed by atoms with Crippen molar-refractivity contribution in [3.63, 3.8) is 0 Å². The molecule has 2 heteroatoms. The van der Waals surface area contributed by atoms with Crippen LogP contribution in [0.25, 0.3) is 6.08 Å². The molecule has 1 atom stereocenters. The van der Waals surface area contributed by atoms with Gasteiger partial charge in [0.05, 0.1) is 0 Å². The van der Waals surface area contributed by atoms with Gasteiger partial charge in [-0.05, 0) is 38.1 Å². The summed E-state index contributed by atoms with van der Waals surface area (Å²) in [5.74, 6) is 0. The highest BCUT2D eigenvalue weighted by atomic mass is 35.5. The Hall–Kier alpha value is -0.790. The molecule has 2 rings (SSSR count). The average molecular weight is 224 g/mol. The molecular weight excluding hydrogens is 206 g/mol. The Bertz CT molecular complexity index is 344. The summed E-state index contributed by atoms with van der Waals surface area (Å²) in [5, 5.41) is 0. The largest absolute Gasteiger partial charge is 0.303 e. The van der Waals surface area contributed by atoms with E-state index in [-0.39, 0.29) is 12.4 Å². The quantitative estimate of drug-likeness (QED) is 0.708. The molecule has 1 aromatic carbocycles. The molecule has 15 heavy (non-hydrogen) atoms. The molecule has 1 unspecified atom stereocenters. The van der Waals surface area contributed by atoms with Gasteiger partial charge in [0.25, 0.3) is 0 Å². The van der Waals surface area contributed by atoms with Crippen molar-refractivity contribution in [1.82, 2.24) is 4.90 Å². The number of aryl methyl sites for hydroxylation is 1. The van der Waals surface area contributed by atoms with Crippen molar-refractivity contribution in [1.29, 1.82) is 0 Å². The minimum absolute atomic E-state index is 0. The van der Waals surface area contributed by atoms with Gasteiger partial charge >= 0.3 is 0 Å². The Balaban J connectivity index is 0.00000112. The molecule has 0 bridgehead atoms. The minimum Gasteiger partial charge on any atom is -0.303 e. The van der Waals surface area contributed by atoms with Crippen molar-refractivity contribution in [2.75, 3.05) is 14.1 Å². The lowest BCUT2D eigenvalue weighted by molar-refractivity contribution is 0.330. The average Bonchev–Trinajstić information content (AvgIpc) is 2.39. The highest BCUT2D eigenvalue weighted by Gasteiger charge is 2.12. The summed E-state index contributed by atoms with van der Waals surface area (Å²) in [5.41, 5.74) is 2.87. The molecule has 0 radical (unpaired) electrons. The summed E-state index contributed by atoms with van der Waals surface area (Å²) >= 11 is 0. The number of rotatable bonds is 1. The Morgan fingerprint density at radius 1 is 1.20 bits per heavy atom. The molecule has 1 aliphatic carbocycles. The van der Waals surface area contributed by atoms with Gasteiger partial charge < -0.3 is 4.90 Å². The lowest BCUT2D eigenvalue weighted by atomic mass is 10.0. The van der Waals surface area contributed by atoms with Gasteiger partial charge in [-0.3, -0.25) is 0 Å². The lowest BCUT2D eigenvalue weighted by Crippen LogP contribution is -2.25. The van der Waals surface area contributed by atoms with Crippen molar-refractivity contribution in [3.05, 3.63) is 41.5 Å². The van der Waals surface area contributed by atoms with E-state index in [0.29, 0.717) is 6.04 Å². The van der Waals surface area contributed by atoms with Crippen LogP contribution in [0.2, 0.25) is 0 Å². The Labute approximate surface area is 98.2 Å². The second-order valence-corrected chi connectivity index (χ2v) is 4.13. The molecule has 1 aromatic rings. The predicted molar refractivity (Wildman–Crippen MR) is 68.5 cm³/mol. The van der Waals surface area contributed by atoms with Gasteiger partial charge in [0.1, 0.15) is 0 Å². The van der Waals surface area contributed by atoms with E-state index in [1.165, 1.54) is 24.0 Å². The normalized spacial score (nSPS) is 19.3. The Morgan fingerprint density at radius 3 is 2.67 bits per heavy atom. The molecule has 0 aromatic heterocycles. The van der Waals surface area contributed by atoms with Crippen LogP contribution < -0.4 is 0 Å². The summed E-state index contributed by atoms with van der Waals surface area (Å²) in [7, 11) is 4.29. The lowest BCUT2D eigenvalue weighted by Gasteiger charge is -2.19. The van der Waals surface area contributed by atoms with Crippen LogP contribution in [0.1, 0.15) is 17.5 Å². The number of likely N-dealkylation sites (N-methyl/N-ethyl adjacent to an activating group) is 1. The van der Waals surface area contributed by atoms with Crippen molar-refractivity contribution in [2.24, 2.45) is 0 Å². The standard InChI is InChI=1S/C13H17N.ClH/c1-14(2)13-9-7-11-5-3-4-6-12(11)8-10-13;/h3-7,9,13H,8,10H2,1-2H3;1H. The van der Waals surface area contributed by atoms with Crippen molar-refractivity contribution < 1.29 is 0 Å². The molecule has 0 amide bonds. The number of benzene rings is 1. The maximum absolute atomic E-state index is 2.31. The Kier molecular flexibility index (Phi) is 4.37. The van der Waals surface area contributed by atoms with Crippen LogP contribution in [0, 0.1) is 0 Å². The van der Waals surface area contributed by atoms with E-state index in [0.717, 1.165) is 0 Å². The minimum atomic E-state index is 0. The van der Waals surface area contributed by atoms with Crippen molar-refractivity contribution in [3.8, 4) is 0 Å². The zero-order valence-electron chi connectivity index (χ0n) is 9.31. The maximum Gasteiger partial charge on any atom is 0.0278 e. The van der Waals surface area contributed by atoms with Crippen LogP contribution in [-0.4, -0.2) is 25.0 Å². The second-order valence-electron chi connectivity index (χ2n) is 4.13. The third-order valence-corrected chi connectivity index (χ3v) is 2.93. The molecule has 0 heterocycles. The van der Waals surface area contributed by atoms with Crippen LogP contribution in [0.15, 0.2) is 30.3 Å². The summed E-state index contributed by atoms with van der Waals surface area (Å²) in [6.45, 7) is 0. The molecule has 0 saturated carbocycles. The van der Waals surface area contributed by atoms with E-state index < -0.39 is 0 Å². The Morgan fingerprint density at radius 2 is 1.93 bits per heavy atom. The first kappa shape index (κ1) is 12.3. The van der Waals surface area contributed by atoms with Crippen molar-refractivity contribution >= 4 is 18.5 Å². The second kappa shape index (κ2) is 5.34. The number of halogens is 1. The van der Waals surface area contributed by atoms with Crippen LogP contribution in [0.3, 0.4) is 0 Å². The first-order chi connectivity index (χ1) is 6.77. The van der Waals surface area contributed by atoms with E-state index >= 15 is 0 Å². The van der Waals surface area contributed by atoms with Gasteiger partial charge in [0.15, 0.2) is 0 Å². The summed E-state index contributed by atoms with van der Waals surface area (Å²) in [6, 6.07) is 9.26. The van der Waals surface area contributed by atoms with Gasteiger partial charge in [0.2, 0.25) is 0 Å². The van der Waals surface area contributed by atoms with Crippen LogP contribution >= 0.6 is 12.4 Å². The molecule has 0 aliphatic heterocycles. The topological polar surface area (TPSA) is 3.24 Å². The highest BCUT2D eigenvalue weighted by Crippen LogP contribution is 2.19. The summed E-state index contributed by atoms with van der Waals surface area (Å²) < 4.78 is 0. The number of hydrogen-bond acceptors (Lipinski definition) is 1. The fourth-order valence-corrected chi connectivity index (χ4v) is 1.97. The third-order valence-electron chi connectivity index (χ3n) is 2.93. The van der Waals surface area contributed by atoms with Gasteiger partial charge in [-0.15, -0.1) is 12.4 Å². The predicted octanol–water partition coefficient (Wildman–Crippen LogP) is 3.00. The van der Waals surface area contributed by atoms with Gasteiger partial charge in [0, 0.05) is 6.04 Å². The molecule has 0 saturated heterocycles. The number of hydrogen-bond donors (Lipinski definition) is 0. The molecular formula is C13H18ClN. The molecule has 82 valence electrons. The SMILES string of the molecule is CN(C)C1C=Cc2ccccc2CC1.Cl. The summed E-state index contributed by atoms with van der Waals surface area (Å²) in [4.78, 5) is 2.28. The summed E-state index contributed by atoms with van der Waals surface area (Å²) in [6.07, 6.45) is 6.98. The highest BCUT2D eigenvalue weighted by molar-refractivity contribution is 5.85. The number of nitrogens with zero attached hydrogens (tertiary/aromatic N) is 1. The van der Waals surface area contributed by atoms with Gasteiger partial charge in [-0.25, -0.2) is 0 Å². The molecule has 0 spiro atoms. The van der Waals surface area contributed by atoms with E-state index in [9.17, 15) is 0 Å². The molecule has 0 fully saturated rings. The van der Waals surface area contributed by atoms with Crippen LogP contribution in [0.4, 0.5) is 0 Å². The zero-order valence-corrected chi connectivity index (χ0v) is 10.1. The molecule has 1 aliphatic rings. The fraction of sp³-hybridized carbons (Fsp3) is 0.385. The van der Waals surface area contributed by atoms with E-state index in [2.05, 4.69) is 55.4 Å². The van der Waals surface area contributed by atoms with E-state index in [4.69, 9.17) is 0 Å². The third kappa shape index (κ3) is 2.83. The van der Waals surface area contributed by atoms with Crippen molar-refractivity contribution in [2.45, 2.75) is 18.9 Å². The van der Waals surface area contributed by atoms with Crippen LogP contribution in [0.5, 0.6) is 0 Å².